The van der Waals surface area contributed by atoms with Gasteiger partial charge in [-0.15, -0.1) is 0 Å². The molecule has 0 unspecified atom stereocenters. The molecule has 20 heavy (non-hydrogen) atoms. The van der Waals surface area contributed by atoms with Gasteiger partial charge in [0.05, 0.1) is 4.92 Å². The molecule has 0 saturated heterocycles. The summed E-state index contributed by atoms with van der Waals surface area (Å²) in [4.78, 5) is 29.8. The van der Waals surface area contributed by atoms with Crippen molar-refractivity contribution in [1.82, 2.24) is 14.4 Å². The van der Waals surface area contributed by atoms with Gasteiger partial charge in [-0.2, -0.15) is 0 Å². The SMILES string of the molecule is O=Cc1c(-c2ccc([N+](=O)[O-])cc2)nc2ncccn12. The fraction of sp³-hybridized carbons (Fsp3) is 0. The summed E-state index contributed by atoms with van der Waals surface area (Å²) in [7, 11) is 0. The van der Waals surface area contributed by atoms with E-state index in [1.807, 2.05) is 0 Å². The van der Waals surface area contributed by atoms with Gasteiger partial charge in [-0.1, -0.05) is 0 Å². The molecule has 0 fully saturated rings. The van der Waals surface area contributed by atoms with Crippen molar-refractivity contribution in [3.63, 3.8) is 0 Å². The summed E-state index contributed by atoms with van der Waals surface area (Å²) < 4.78 is 1.57. The van der Waals surface area contributed by atoms with Crippen molar-refractivity contribution in [3.05, 3.63) is 58.5 Å². The Hall–Kier alpha value is -3.09. The molecule has 7 heteroatoms. The standard InChI is InChI=1S/C13H8N4O3/c18-8-11-12(15-13-14-6-1-7-16(11)13)9-2-4-10(5-3-9)17(19)20/h1-8H. The number of rotatable bonds is 3. The van der Waals surface area contributed by atoms with Crippen LogP contribution in [-0.2, 0) is 0 Å². The summed E-state index contributed by atoms with van der Waals surface area (Å²) in [6.45, 7) is 0. The van der Waals surface area contributed by atoms with Crippen LogP contribution in [0.1, 0.15) is 10.5 Å². The lowest BCUT2D eigenvalue weighted by Crippen LogP contribution is -1.93. The highest BCUT2D eigenvalue weighted by Gasteiger charge is 2.14. The molecule has 0 amide bonds. The van der Waals surface area contributed by atoms with Crippen LogP contribution in [0.3, 0.4) is 0 Å². The Morgan fingerprint density at radius 3 is 2.65 bits per heavy atom. The number of carbonyl (C=O) groups excluding carboxylic acids is 1. The Kier molecular flexibility index (Phi) is 2.72. The normalized spacial score (nSPS) is 10.6. The smallest absolute Gasteiger partial charge is 0.269 e. The lowest BCUT2D eigenvalue weighted by Gasteiger charge is -1.98. The van der Waals surface area contributed by atoms with Gasteiger partial charge < -0.3 is 0 Å². The molecular formula is C13H8N4O3. The minimum absolute atomic E-state index is 0.0108. The summed E-state index contributed by atoms with van der Waals surface area (Å²) in [6, 6.07) is 7.57. The number of nitrogens with zero attached hydrogens (tertiary/aromatic N) is 4. The van der Waals surface area contributed by atoms with Crippen molar-refractivity contribution < 1.29 is 9.72 Å². The molecule has 0 radical (unpaired) electrons. The van der Waals surface area contributed by atoms with Gasteiger partial charge in [0.2, 0.25) is 5.78 Å². The maximum absolute atomic E-state index is 11.3. The number of imidazole rings is 1. The van der Waals surface area contributed by atoms with Gasteiger partial charge in [0.15, 0.2) is 6.29 Å². The highest BCUT2D eigenvalue weighted by Crippen LogP contribution is 2.24. The summed E-state index contributed by atoms with van der Waals surface area (Å²) in [5.41, 5.74) is 1.43. The second-order valence-corrected chi connectivity index (χ2v) is 4.06. The number of nitro benzene ring substituents is 1. The molecule has 0 aliphatic carbocycles. The molecule has 2 aromatic heterocycles. The van der Waals surface area contributed by atoms with Crippen LogP contribution in [0.25, 0.3) is 17.0 Å². The highest BCUT2D eigenvalue weighted by molar-refractivity contribution is 5.85. The Morgan fingerprint density at radius 2 is 2.00 bits per heavy atom. The van der Waals surface area contributed by atoms with E-state index in [2.05, 4.69) is 9.97 Å². The maximum Gasteiger partial charge on any atom is 0.269 e. The molecule has 0 saturated carbocycles. The fourth-order valence-corrected chi connectivity index (χ4v) is 1.97. The molecule has 3 aromatic rings. The zero-order chi connectivity index (χ0) is 14.1. The lowest BCUT2D eigenvalue weighted by molar-refractivity contribution is -0.384. The van der Waals surface area contributed by atoms with E-state index in [1.54, 1.807) is 35.0 Å². The van der Waals surface area contributed by atoms with E-state index in [-0.39, 0.29) is 5.69 Å². The first kappa shape index (κ1) is 12.0. The van der Waals surface area contributed by atoms with Crippen molar-refractivity contribution in [2.45, 2.75) is 0 Å². The van der Waals surface area contributed by atoms with Gasteiger partial charge >= 0.3 is 0 Å². The van der Waals surface area contributed by atoms with E-state index >= 15 is 0 Å². The van der Waals surface area contributed by atoms with Gasteiger partial charge in [0.1, 0.15) is 11.4 Å². The number of fused-ring (bicyclic) bond motifs is 1. The number of benzene rings is 1. The van der Waals surface area contributed by atoms with E-state index in [9.17, 15) is 14.9 Å². The quantitative estimate of drug-likeness (QED) is 0.412. The number of hydrogen-bond donors (Lipinski definition) is 0. The molecule has 0 spiro atoms. The van der Waals surface area contributed by atoms with E-state index in [0.29, 0.717) is 29.0 Å². The predicted octanol–water partition coefficient (Wildman–Crippen LogP) is 2.12. The monoisotopic (exact) mass is 268 g/mol. The molecular weight excluding hydrogens is 260 g/mol. The van der Waals surface area contributed by atoms with Crippen molar-refractivity contribution >= 4 is 17.8 Å². The third kappa shape index (κ3) is 1.81. The zero-order valence-corrected chi connectivity index (χ0v) is 10.1. The van der Waals surface area contributed by atoms with Crippen LogP contribution in [0.2, 0.25) is 0 Å². The van der Waals surface area contributed by atoms with Crippen molar-refractivity contribution in [2.75, 3.05) is 0 Å². The molecule has 0 aliphatic rings. The molecule has 0 bridgehead atoms. The number of aromatic nitrogens is 3. The van der Waals surface area contributed by atoms with Gasteiger partial charge in [0.25, 0.3) is 5.69 Å². The van der Waals surface area contributed by atoms with Crippen LogP contribution in [0.5, 0.6) is 0 Å². The topological polar surface area (TPSA) is 90.4 Å². The molecule has 0 aliphatic heterocycles. The number of hydrogen-bond acceptors (Lipinski definition) is 5. The molecule has 2 heterocycles. The van der Waals surface area contributed by atoms with E-state index < -0.39 is 4.92 Å². The van der Waals surface area contributed by atoms with E-state index in [4.69, 9.17) is 0 Å². The first-order valence-corrected chi connectivity index (χ1v) is 5.74. The average molecular weight is 268 g/mol. The molecule has 3 rings (SSSR count). The van der Waals surface area contributed by atoms with Crippen molar-refractivity contribution in [3.8, 4) is 11.3 Å². The largest absolute Gasteiger partial charge is 0.296 e. The predicted molar refractivity (Wildman–Crippen MR) is 70.5 cm³/mol. The average Bonchev–Trinajstić information content (AvgIpc) is 2.85. The van der Waals surface area contributed by atoms with Crippen LogP contribution in [0.15, 0.2) is 42.7 Å². The van der Waals surface area contributed by atoms with Crippen LogP contribution >= 0.6 is 0 Å². The second kappa shape index (κ2) is 4.54. The summed E-state index contributed by atoms with van der Waals surface area (Å²) in [6.07, 6.45) is 3.96. The first-order chi connectivity index (χ1) is 9.70. The molecule has 7 nitrogen and oxygen atoms in total. The van der Waals surface area contributed by atoms with Gasteiger partial charge in [0, 0.05) is 30.1 Å². The number of aldehydes is 1. The number of non-ortho nitro benzene ring substituents is 1. The summed E-state index contributed by atoms with van der Waals surface area (Å²) >= 11 is 0. The molecule has 0 N–H and O–H groups in total. The highest BCUT2D eigenvalue weighted by atomic mass is 16.6. The van der Waals surface area contributed by atoms with Gasteiger partial charge in [-0.3, -0.25) is 19.3 Å². The Balaban J connectivity index is 2.18. The first-order valence-electron chi connectivity index (χ1n) is 5.74. The Labute approximate surface area is 112 Å². The Morgan fingerprint density at radius 1 is 1.25 bits per heavy atom. The number of carbonyl (C=O) groups is 1. The van der Waals surface area contributed by atoms with Gasteiger partial charge in [-0.25, -0.2) is 9.97 Å². The van der Waals surface area contributed by atoms with E-state index in [0.717, 1.165) is 0 Å². The molecule has 0 atom stereocenters. The maximum atomic E-state index is 11.3. The van der Waals surface area contributed by atoms with Crippen molar-refractivity contribution in [1.29, 1.82) is 0 Å². The second-order valence-electron chi connectivity index (χ2n) is 4.06. The third-order valence-electron chi connectivity index (χ3n) is 2.90. The minimum atomic E-state index is -0.477. The number of nitro groups is 1. The zero-order valence-electron chi connectivity index (χ0n) is 10.1. The third-order valence-corrected chi connectivity index (χ3v) is 2.90. The van der Waals surface area contributed by atoms with Crippen molar-refractivity contribution in [2.24, 2.45) is 0 Å². The molecule has 1 aromatic carbocycles. The van der Waals surface area contributed by atoms with Crippen LogP contribution in [0, 0.1) is 10.1 Å². The summed E-state index contributed by atoms with van der Waals surface area (Å²) in [5, 5.41) is 10.6. The molecule has 98 valence electrons. The van der Waals surface area contributed by atoms with Gasteiger partial charge in [-0.05, 0) is 18.2 Å². The van der Waals surface area contributed by atoms with Crippen LogP contribution < -0.4 is 0 Å². The lowest BCUT2D eigenvalue weighted by atomic mass is 10.1. The Bertz CT molecular complexity index is 808. The summed E-state index contributed by atoms with van der Waals surface area (Å²) in [5.74, 6) is 0.406. The van der Waals surface area contributed by atoms with Crippen LogP contribution in [-0.4, -0.2) is 25.6 Å². The van der Waals surface area contributed by atoms with E-state index in [1.165, 1.54) is 12.1 Å². The fourth-order valence-electron chi connectivity index (χ4n) is 1.97. The van der Waals surface area contributed by atoms with Crippen LogP contribution in [0.4, 0.5) is 5.69 Å². The minimum Gasteiger partial charge on any atom is -0.296 e.